The second-order valence-corrected chi connectivity index (χ2v) is 5.49. The van der Waals surface area contributed by atoms with E-state index in [1.54, 1.807) is 0 Å². The van der Waals surface area contributed by atoms with Crippen molar-refractivity contribution >= 4 is 18.3 Å². The number of carbonyl (C=O) groups is 1. The molecule has 0 spiro atoms. The minimum atomic E-state index is 0. The van der Waals surface area contributed by atoms with Gasteiger partial charge in [0.2, 0.25) is 0 Å². The maximum Gasteiger partial charge on any atom is 0.253 e. The van der Waals surface area contributed by atoms with E-state index in [0.717, 1.165) is 44.0 Å². The molecule has 112 valence electrons. The van der Waals surface area contributed by atoms with Crippen LogP contribution in [0.15, 0.2) is 24.3 Å². The van der Waals surface area contributed by atoms with E-state index >= 15 is 0 Å². The molecular weight excluding hydrogens is 272 g/mol. The second-order valence-electron chi connectivity index (χ2n) is 5.49. The molecule has 1 fully saturated rings. The number of hydrogen-bond acceptors (Lipinski definition) is 2. The van der Waals surface area contributed by atoms with Gasteiger partial charge in [0.15, 0.2) is 0 Å². The van der Waals surface area contributed by atoms with Crippen LogP contribution in [0.2, 0.25) is 0 Å². The zero-order valence-corrected chi connectivity index (χ0v) is 13.2. The van der Waals surface area contributed by atoms with Gasteiger partial charge >= 0.3 is 0 Å². The lowest BCUT2D eigenvalue weighted by atomic mass is 9.93. The summed E-state index contributed by atoms with van der Waals surface area (Å²) in [6.07, 6.45) is 3.50. The van der Waals surface area contributed by atoms with Gasteiger partial charge in [-0.2, -0.15) is 0 Å². The highest BCUT2D eigenvalue weighted by Gasteiger charge is 2.23. The van der Waals surface area contributed by atoms with E-state index in [-0.39, 0.29) is 18.3 Å². The molecule has 2 rings (SSSR count). The average Bonchev–Trinajstić information content (AvgIpc) is 2.46. The smallest absolute Gasteiger partial charge is 0.253 e. The van der Waals surface area contributed by atoms with Crippen LogP contribution < -0.4 is 5.32 Å². The Morgan fingerprint density at radius 1 is 1.25 bits per heavy atom. The molecule has 0 aliphatic carbocycles. The van der Waals surface area contributed by atoms with Gasteiger partial charge in [-0.15, -0.1) is 12.4 Å². The third kappa shape index (κ3) is 4.50. The van der Waals surface area contributed by atoms with Crippen LogP contribution in [0.1, 0.15) is 35.2 Å². The molecule has 1 amide bonds. The molecule has 1 saturated heterocycles. The SMILES string of the molecule is CNCCC1CCN(C(=O)c2ccc(C)cc2)CC1.Cl. The molecule has 0 bridgehead atoms. The maximum absolute atomic E-state index is 12.3. The molecule has 1 aromatic rings. The molecule has 20 heavy (non-hydrogen) atoms. The first-order valence-corrected chi connectivity index (χ1v) is 7.21. The minimum absolute atomic E-state index is 0. The Labute approximate surface area is 128 Å². The molecule has 4 heteroatoms. The normalized spacial score (nSPS) is 15.8. The monoisotopic (exact) mass is 296 g/mol. The Hall–Kier alpha value is -1.06. The van der Waals surface area contributed by atoms with E-state index in [9.17, 15) is 4.79 Å². The van der Waals surface area contributed by atoms with E-state index in [1.165, 1.54) is 12.0 Å². The third-order valence-corrected chi connectivity index (χ3v) is 4.00. The van der Waals surface area contributed by atoms with E-state index in [1.807, 2.05) is 43.1 Å². The highest BCUT2D eigenvalue weighted by Crippen LogP contribution is 2.21. The van der Waals surface area contributed by atoms with Crippen LogP contribution in [0.4, 0.5) is 0 Å². The van der Waals surface area contributed by atoms with Gasteiger partial charge in [0, 0.05) is 18.7 Å². The van der Waals surface area contributed by atoms with Crippen molar-refractivity contribution in [3.8, 4) is 0 Å². The van der Waals surface area contributed by atoms with Crippen LogP contribution in [0.3, 0.4) is 0 Å². The predicted molar refractivity (Wildman–Crippen MR) is 85.6 cm³/mol. The van der Waals surface area contributed by atoms with Crippen LogP contribution >= 0.6 is 12.4 Å². The largest absolute Gasteiger partial charge is 0.339 e. The number of amides is 1. The number of benzene rings is 1. The summed E-state index contributed by atoms with van der Waals surface area (Å²) in [6.45, 7) is 4.93. The fourth-order valence-electron chi connectivity index (χ4n) is 2.65. The lowest BCUT2D eigenvalue weighted by Gasteiger charge is -2.32. The topological polar surface area (TPSA) is 32.3 Å². The minimum Gasteiger partial charge on any atom is -0.339 e. The van der Waals surface area contributed by atoms with Crippen molar-refractivity contribution in [2.45, 2.75) is 26.2 Å². The summed E-state index contributed by atoms with van der Waals surface area (Å²) < 4.78 is 0. The van der Waals surface area contributed by atoms with Gasteiger partial charge in [-0.1, -0.05) is 17.7 Å². The first-order chi connectivity index (χ1) is 9.20. The molecule has 3 nitrogen and oxygen atoms in total. The molecule has 1 aromatic carbocycles. The molecule has 0 saturated carbocycles. The Kier molecular flexibility index (Phi) is 7.03. The fourth-order valence-corrected chi connectivity index (χ4v) is 2.65. The number of piperidine rings is 1. The highest BCUT2D eigenvalue weighted by atomic mass is 35.5. The summed E-state index contributed by atoms with van der Waals surface area (Å²) in [5.41, 5.74) is 2.02. The van der Waals surface area contributed by atoms with Crippen molar-refractivity contribution in [3.05, 3.63) is 35.4 Å². The molecule has 1 N–H and O–H groups in total. The molecule has 0 radical (unpaired) electrons. The first kappa shape index (κ1) is 17.0. The number of nitrogens with zero attached hydrogens (tertiary/aromatic N) is 1. The Morgan fingerprint density at radius 3 is 2.40 bits per heavy atom. The summed E-state index contributed by atoms with van der Waals surface area (Å²) in [7, 11) is 2.00. The van der Waals surface area contributed by atoms with Crippen LogP contribution in [0.5, 0.6) is 0 Å². The Bertz CT molecular complexity index is 411. The van der Waals surface area contributed by atoms with E-state index in [0.29, 0.717) is 0 Å². The lowest BCUT2D eigenvalue weighted by molar-refractivity contribution is 0.0687. The van der Waals surface area contributed by atoms with Crippen LogP contribution in [0.25, 0.3) is 0 Å². The van der Waals surface area contributed by atoms with Gasteiger partial charge in [0.1, 0.15) is 0 Å². The number of halogens is 1. The lowest BCUT2D eigenvalue weighted by Crippen LogP contribution is -2.38. The zero-order valence-electron chi connectivity index (χ0n) is 12.4. The van der Waals surface area contributed by atoms with Gasteiger partial charge in [-0.05, 0) is 57.8 Å². The van der Waals surface area contributed by atoms with Gasteiger partial charge in [0.25, 0.3) is 5.91 Å². The summed E-state index contributed by atoms with van der Waals surface area (Å²) in [5, 5.41) is 3.20. The molecule has 0 unspecified atom stereocenters. The number of rotatable bonds is 4. The number of aryl methyl sites for hydroxylation is 1. The number of nitrogens with one attached hydrogen (secondary N) is 1. The molecule has 1 aliphatic heterocycles. The van der Waals surface area contributed by atoms with Gasteiger partial charge in [-0.3, -0.25) is 4.79 Å². The van der Waals surface area contributed by atoms with Crippen molar-refractivity contribution in [1.29, 1.82) is 0 Å². The highest BCUT2D eigenvalue weighted by molar-refractivity contribution is 5.94. The van der Waals surface area contributed by atoms with Gasteiger partial charge in [-0.25, -0.2) is 0 Å². The van der Waals surface area contributed by atoms with Gasteiger partial charge < -0.3 is 10.2 Å². The fraction of sp³-hybridized carbons (Fsp3) is 0.562. The Balaban J connectivity index is 0.00000200. The summed E-state index contributed by atoms with van der Waals surface area (Å²) in [4.78, 5) is 14.3. The molecular formula is C16H25ClN2O. The third-order valence-electron chi connectivity index (χ3n) is 4.00. The van der Waals surface area contributed by atoms with Crippen molar-refractivity contribution in [2.24, 2.45) is 5.92 Å². The van der Waals surface area contributed by atoms with Crippen LogP contribution in [0, 0.1) is 12.8 Å². The molecule has 1 heterocycles. The van der Waals surface area contributed by atoms with E-state index in [4.69, 9.17) is 0 Å². The van der Waals surface area contributed by atoms with Crippen molar-refractivity contribution in [2.75, 3.05) is 26.7 Å². The first-order valence-electron chi connectivity index (χ1n) is 7.21. The summed E-state index contributed by atoms with van der Waals surface area (Å²) in [6, 6.07) is 7.88. The van der Waals surface area contributed by atoms with E-state index in [2.05, 4.69) is 5.32 Å². The summed E-state index contributed by atoms with van der Waals surface area (Å²) >= 11 is 0. The zero-order chi connectivity index (χ0) is 13.7. The van der Waals surface area contributed by atoms with Crippen molar-refractivity contribution < 1.29 is 4.79 Å². The van der Waals surface area contributed by atoms with Gasteiger partial charge in [0.05, 0.1) is 0 Å². The number of likely N-dealkylation sites (tertiary alicyclic amines) is 1. The molecule has 0 atom stereocenters. The predicted octanol–water partition coefficient (Wildman–Crippen LogP) is 2.88. The number of hydrogen-bond donors (Lipinski definition) is 1. The average molecular weight is 297 g/mol. The molecule has 1 aliphatic rings. The van der Waals surface area contributed by atoms with Crippen LogP contribution in [-0.4, -0.2) is 37.5 Å². The maximum atomic E-state index is 12.3. The quantitative estimate of drug-likeness (QED) is 0.926. The standard InChI is InChI=1S/C16H24N2O.ClH/c1-13-3-5-15(6-4-13)16(19)18-11-8-14(9-12-18)7-10-17-2;/h3-6,14,17H,7-12H2,1-2H3;1H. The van der Waals surface area contributed by atoms with E-state index < -0.39 is 0 Å². The summed E-state index contributed by atoms with van der Waals surface area (Å²) in [5.74, 6) is 0.960. The van der Waals surface area contributed by atoms with Crippen molar-refractivity contribution in [3.63, 3.8) is 0 Å². The molecule has 0 aromatic heterocycles. The van der Waals surface area contributed by atoms with Crippen molar-refractivity contribution in [1.82, 2.24) is 10.2 Å². The van der Waals surface area contributed by atoms with Crippen LogP contribution in [-0.2, 0) is 0 Å². The Morgan fingerprint density at radius 2 is 1.85 bits per heavy atom. The second kappa shape index (κ2) is 8.28. The number of carbonyl (C=O) groups excluding carboxylic acids is 1.